The van der Waals surface area contributed by atoms with Crippen molar-refractivity contribution in [3.8, 4) is 0 Å². The molecule has 2 aliphatic rings. The highest BCUT2D eigenvalue weighted by Gasteiger charge is 2.57. The van der Waals surface area contributed by atoms with Gasteiger partial charge in [0.05, 0.1) is 11.2 Å². The minimum Gasteiger partial charge on any atom is -0.403 e. The molecule has 2 fully saturated rings. The van der Waals surface area contributed by atoms with Crippen molar-refractivity contribution in [3.63, 3.8) is 0 Å². The predicted octanol–water partition coefficient (Wildman–Crippen LogP) is 4.25. The maximum Gasteiger partial charge on any atom is 0.461 e. The summed E-state index contributed by atoms with van der Waals surface area (Å²) in [6.45, 7) is 15.2. The van der Waals surface area contributed by atoms with E-state index in [0.29, 0.717) is 24.5 Å². The molecule has 2 atom stereocenters. The second-order valence-corrected chi connectivity index (χ2v) is 8.52. The average molecular weight is 294 g/mol. The van der Waals surface area contributed by atoms with Gasteiger partial charge in [0, 0.05) is 18.7 Å². The zero-order chi connectivity index (χ0) is 16.1. The third-order valence-electron chi connectivity index (χ3n) is 6.25. The lowest BCUT2D eigenvalue weighted by molar-refractivity contribution is -0.122. The first-order valence-electron chi connectivity index (χ1n) is 8.37. The summed E-state index contributed by atoms with van der Waals surface area (Å²) in [5.41, 5.74) is -0.424. The van der Waals surface area contributed by atoms with Gasteiger partial charge in [-0.05, 0) is 45.4 Å². The van der Waals surface area contributed by atoms with Gasteiger partial charge in [-0.3, -0.25) is 4.79 Å². The topological polar surface area (TPSA) is 35.5 Å². The molecule has 2 rings (SSSR count). The van der Waals surface area contributed by atoms with Crippen molar-refractivity contribution < 1.29 is 14.1 Å². The van der Waals surface area contributed by atoms with Crippen LogP contribution < -0.4 is 0 Å². The molecule has 0 bridgehead atoms. The first kappa shape index (κ1) is 17.0. The summed E-state index contributed by atoms with van der Waals surface area (Å²) in [6, 6.07) is 0. The smallest absolute Gasteiger partial charge is 0.403 e. The molecule has 0 N–H and O–H groups in total. The molecular weight excluding hydrogens is 263 g/mol. The van der Waals surface area contributed by atoms with Crippen LogP contribution in [0.25, 0.3) is 0 Å². The lowest BCUT2D eigenvalue weighted by atomic mass is 9.52. The Morgan fingerprint density at radius 1 is 1.19 bits per heavy atom. The zero-order valence-corrected chi connectivity index (χ0v) is 14.8. The SMILES string of the molecule is CCC(C)(C)C1CCC(=O)CC1B1OC(C)(C)C(C)(C)O1. The van der Waals surface area contributed by atoms with Crippen LogP contribution in [0, 0.1) is 11.3 Å². The minimum absolute atomic E-state index is 0.183. The first-order valence-corrected chi connectivity index (χ1v) is 8.37. The van der Waals surface area contributed by atoms with Gasteiger partial charge in [0.1, 0.15) is 5.78 Å². The molecular formula is C17H31BO3. The predicted molar refractivity (Wildman–Crippen MR) is 86.3 cm³/mol. The number of carbonyl (C=O) groups is 1. The van der Waals surface area contributed by atoms with Crippen molar-refractivity contribution in [2.24, 2.45) is 11.3 Å². The molecule has 21 heavy (non-hydrogen) atoms. The summed E-state index contributed by atoms with van der Waals surface area (Å²) in [5, 5.41) is 0. The molecule has 120 valence electrons. The van der Waals surface area contributed by atoms with Crippen LogP contribution in [0.5, 0.6) is 0 Å². The van der Waals surface area contributed by atoms with Crippen molar-refractivity contribution in [2.75, 3.05) is 0 Å². The summed E-state index contributed by atoms with van der Waals surface area (Å²) in [7, 11) is -0.255. The highest BCUT2D eigenvalue weighted by Crippen LogP contribution is 2.51. The molecule has 1 aliphatic carbocycles. The number of ketones is 1. The quantitative estimate of drug-likeness (QED) is 0.730. The van der Waals surface area contributed by atoms with Crippen molar-refractivity contribution in [1.29, 1.82) is 0 Å². The number of hydrogen-bond donors (Lipinski definition) is 0. The molecule has 2 unspecified atom stereocenters. The zero-order valence-electron chi connectivity index (χ0n) is 14.8. The molecule has 0 aromatic rings. The van der Waals surface area contributed by atoms with E-state index in [2.05, 4.69) is 48.5 Å². The molecule has 4 heteroatoms. The van der Waals surface area contributed by atoms with Crippen LogP contribution in [0.2, 0.25) is 5.82 Å². The van der Waals surface area contributed by atoms with Gasteiger partial charge in [0.15, 0.2) is 0 Å². The Bertz CT molecular complexity index is 398. The molecule has 0 aromatic heterocycles. The Balaban J connectivity index is 2.24. The Hall–Kier alpha value is -0.345. The fourth-order valence-electron chi connectivity index (χ4n) is 3.62. The van der Waals surface area contributed by atoms with Crippen LogP contribution in [0.1, 0.15) is 74.1 Å². The Kier molecular flexibility index (Phi) is 4.36. The summed E-state index contributed by atoms with van der Waals surface area (Å²) in [5.74, 6) is 1.02. The fourth-order valence-corrected chi connectivity index (χ4v) is 3.62. The number of carbonyl (C=O) groups excluding carboxylic acids is 1. The fraction of sp³-hybridized carbons (Fsp3) is 0.941. The molecule has 1 saturated carbocycles. The Labute approximate surface area is 130 Å². The third-order valence-corrected chi connectivity index (χ3v) is 6.25. The second-order valence-electron chi connectivity index (χ2n) is 8.52. The van der Waals surface area contributed by atoms with Crippen LogP contribution in [0.15, 0.2) is 0 Å². The van der Waals surface area contributed by atoms with E-state index in [4.69, 9.17) is 9.31 Å². The molecule has 0 spiro atoms. The summed E-state index contributed by atoms with van der Waals surface area (Å²) < 4.78 is 12.5. The van der Waals surface area contributed by atoms with E-state index in [0.717, 1.165) is 12.8 Å². The molecule has 1 aliphatic heterocycles. The Morgan fingerprint density at radius 2 is 1.71 bits per heavy atom. The molecule has 0 radical (unpaired) electrons. The third kappa shape index (κ3) is 3.07. The lowest BCUT2D eigenvalue weighted by Gasteiger charge is -2.42. The molecule has 1 saturated heterocycles. The summed E-state index contributed by atoms with van der Waals surface area (Å²) >= 11 is 0. The van der Waals surface area contributed by atoms with Gasteiger partial charge >= 0.3 is 7.12 Å². The maximum atomic E-state index is 12.0. The number of Topliss-reactive ketones (excluding diaryl/α,β-unsaturated/α-hetero) is 1. The van der Waals surface area contributed by atoms with E-state index >= 15 is 0 Å². The van der Waals surface area contributed by atoms with Gasteiger partial charge < -0.3 is 9.31 Å². The van der Waals surface area contributed by atoms with Crippen LogP contribution >= 0.6 is 0 Å². The lowest BCUT2D eigenvalue weighted by Crippen LogP contribution is -2.41. The Morgan fingerprint density at radius 3 is 2.19 bits per heavy atom. The van der Waals surface area contributed by atoms with Gasteiger partial charge in [-0.25, -0.2) is 0 Å². The monoisotopic (exact) mass is 294 g/mol. The van der Waals surface area contributed by atoms with Crippen LogP contribution in [-0.4, -0.2) is 24.1 Å². The highest BCUT2D eigenvalue weighted by atomic mass is 16.7. The minimum atomic E-state index is -0.320. The molecule has 0 amide bonds. The number of hydrogen-bond acceptors (Lipinski definition) is 3. The van der Waals surface area contributed by atoms with E-state index in [-0.39, 0.29) is 29.6 Å². The van der Waals surface area contributed by atoms with Gasteiger partial charge in [-0.1, -0.05) is 27.2 Å². The van der Waals surface area contributed by atoms with Crippen LogP contribution in [0.3, 0.4) is 0 Å². The van der Waals surface area contributed by atoms with E-state index in [1.54, 1.807) is 0 Å². The summed E-state index contributed by atoms with van der Waals surface area (Å²) in [6.07, 6.45) is 3.39. The second kappa shape index (κ2) is 5.38. The molecule has 0 aromatic carbocycles. The standard InChI is InChI=1S/C17H31BO3/c1-8-15(2,3)13-10-9-12(19)11-14(13)18-20-16(4,5)17(6,7)21-18/h13-14H,8-11H2,1-7H3. The van der Waals surface area contributed by atoms with E-state index < -0.39 is 0 Å². The summed E-state index contributed by atoms with van der Waals surface area (Å²) in [4.78, 5) is 12.0. The van der Waals surface area contributed by atoms with E-state index in [9.17, 15) is 4.79 Å². The largest absolute Gasteiger partial charge is 0.461 e. The van der Waals surface area contributed by atoms with Crippen molar-refractivity contribution in [2.45, 2.75) is 91.2 Å². The normalized spacial score (nSPS) is 32.5. The number of rotatable bonds is 3. The van der Waals surface area contributed by atoms with Gasteiger partial charge in [-0.15, -0.1) is 0 Å². The highest BCUT2D eigenvalue weighted by molar-refractivity contribution is 6.48. The van der Waals surface area contributed by atoms with Crippen molar-refractivity contribution >= 4 is 12.9 Å². The molecule has 3 nitrogen and oxygen atoms in total. The first-order chi connectivity index (χ1) is 9.50. The van der Waals surface area contributed by atoms with Crippen molar-refractivity contribution in [3.05, 3.63) is 0 Å². The van der Waals surface area contributed by atoms with Gasteiger partial charge in [0.2, 0.25) is 0 Å². The van der Waals surface area contributed by atoms with Crippen LogP contribution in [-0.2, 0) is 14.1 Å². The van der Waals surface area contributed by atoms with Gasteiger partial charge in [-0.2, -0.15) is 0 Å². The maximum absolute atomic E-state index is 12.0. The average Bonchev–Trinajstić information content (AvgIpc) is 2.58. The van der Waals surface area contributed by atoms with E-state index in [1.807, 2.05) is 0 Å². The molecule has 1 heterocycles. The van der Waals surface area contributed by atoms with Gasteiger partial charge in [0.25, 0.3) is 0 Å². The van der Waals surface area contributed by atoms with Crippen LogP contribution in [0.4, 0.5) is 0 Å². The van der Waals surface area contributed by atoms with Crippen molar-refractivity contribution in [1.82, 2.24) is 0 Å². The van der Waals surface area contributed by atoms with E-state index in [1.165, 1.54) is 0 Å².